The van der Waals surface area contributed by atoms with Crippen LogP contribution in [0.5, 0.6) is 5.75 Å². The maximum atomic E-state index is 9.35. The lowest BCUT2D eigenvalue weighted by molar-refractivity contribution is 0.475. The molecule has 0 fully saturated rings. The second-order valence-corrected chi connectivity index (χ2v) is 13.7. The van der Waals surface area contributed by atoms with E-state index in [0.29, 0.717) is 5.75 Å². The van der Waals surface area contributed by atoms with Crippen LogP contribution in [0.1, 0.15) is 224 Å². The van der Waals surface area contributed by atoms with Crippen molar-refractivity contribution in [2.75, 3.05) is 0 Å². The van der Waals surface area contributed by atoms with Crippen LogP contribution in [0, 0.1) is 0 Å². The molecule has 0 bridgehead atoms. The predicted molar refractivity (Wildman–Crippen MR) is 190 cm³/mol. The highest BCUT2D eigenvalue weighted by molar-refractivity contribution is 5.25. The van der Waals surface area contributed by atoms with Crippen LogP contribution in [0.15, 0.2) is 24.3 Å². The Hall–Kier alpha value is -0.980. The van der Waals surface area contributed by atoms with E-state index < -0.39 is 0 Å². The molecule has 1 nitrogen and oxygen atoms in total. The lowest BCUT2D eigenvalue weighted by Gasteiger charge is -2.05. The molecule has 1 N–H and O–H groups in total. The van der Waals surface area contributed by atoms with Crippen molar-refractivity contribution in [2.24, 2.45) is 0 Å². The molecule has 246 valence electrons. The molecule has 0 saturated carbocycles. The zero-order valence-electron chi connectivity index (χ0n) is 28.8. The highest BCUT2D eigenvalue weighted by Crippen LogP contribution is 2.17. The average molecular weight is 585 g/mol. The van der Waals surface area contributed by atoms with E-state index >= 15 is 0 Å². The highest BCUT2D eigenvalue weighted by Gasteiger charge is 1.98. The summed E-state index contributed by atoms with van der Waals surface area (Å²) in [6, 6.07) is 7.72. The molecular formula is C41H76O. The summed E-state index contributed by atoms with van der Waals surface area (Å²) in [6.45, 7) is 2.31. The summed E-state index contributed by atoms with van der Waals surface area (Å²) >= 11 is 0. The third-order valence-electron chi connectivity index (χ3n) is 9.51. The van der Waals surface area contributed by atoms with Gasteiger partial charge in [-0.1, -0.05) is 225 Å². The van der Waals surface area contributed by atoms with Crippen molar-refractivity contribution in [1.29, 1.82) is 0 Å². The molecule has 0 unspecified atom stereocenters. The summed E-state index contributed by atoms with van der Waals surface area (Å²) < 4.78 is 0. The lowest BCUT2D eigenvalue weighted by Crippen LogP contribution is -1.86. The minimum absolute atomic E-state index is 0.375. The smallest absolute Gasteiger partial charge is 0.115 e. The first-order chi connectivity index (χ1) is 20.8. The van der Waals surface area contributed by atoms with Gasteiger partial charge in [-0.25, -0.2) is 0 Å². The van der Waals surface area contributed by atoms with E-state index in [9.17, 15) is 5.11 Å². The molecule has 0 spiro atoms. The Labute approximate surface area is 265 Å². The molecule has 0 atom stereocenters. The van der Waals surface area contributed by atoms with Gasteiger partial charge in [-0.15, -0.1) is 0 Å². The third kappa shape index (κ3) is 29.1. The van der Waals surface area contributed by atoms with Gasteiger partial charge in [-0.3, -0.25) is 0 Å². The number of phenolic OH excluding ortho intramolecular Hbond substituents is 1. The predicted octanol–water partition coefficient (Wildman–Crippen LogP) is 14.8. The van der Waals surface area contributed by atoms with E-state index in [-0.39, 0.29) is 0 Å². The van der Waals surface area contributed by atoms with Gasteiger partial charge in [-0.05, 0) is 30.5 Å². The number of benzene rings is 1. The maximum Gasteiger partial charge on any atom is 0.115 e. The van der Waals surface area contributed by atoms with Crippen LogP contribution in [-0.4, -0.2) is 5.11 Å². The first-order valence-electron chi connectivity index (χ1n) is 19.6. The number of hydrogen-bond acceptors (Lipinski definition) is 1. The normalized spacial score (nSPS) is 11.5. The van der Waals surface area contributed by atoms with E-state index in [2.05, 4.69) is 19.1 Å². The van der Waals surface area contributed by atoms with E-state index in [0.717, 1.165) is 6.42 Å². The quantitative estimate of drug-likeness (QED) is 0.0799. The van der Waals surface area contributed by atoms with Gasteiger partial charge < -0.3 is 5.11 Å². The molecule has 0 amide bonds. The molecule has 0 aromatic heterocycles. The Bertz CT molecular complexity index is 620. The van der Waals surface area contributed by atoms with Crippen molar-refractivity contribution in [3.05, 3.63) is 29.8 Å². The number of aryl methyl sites for hydroxylation is 1. The van der Waals surface area contributed by atoms with Gasteiger partial charge in [0.1, 0.15) is 5.75 Å². The van der Waals surface area contributed by atoms with Crippen molar-refractivity contribution in [3.63, 3.8) is 0 Å². The van der Waals surface area contributed by atoms with Crippen LogP contribution >= 0.6 is 0 Å². The van der Waals surface area contributed by atoms with Gasteiger partial charge in [0, 0.05) is 0 Å². The monoisotopic (exact) mass is 585 g/mol. The molecule has 0 aliphatic carbocycles. The lowest BCUT2D eigenvalue weighted by atomic mass is 10.0. The standard InChI is InChI=1S/C41H76O/c1-2-3-4-5-6-7-8-9-10-11-12-13-14-15-16-17-18-19-20-21-22-23-24-25-26-27-28-29-30-31-32-33-34-35-40-36-38-41(42)39-37-40/h36-39,42H,2-35H2,1H3. The minimum atomic E-state index is 0.375. The molecule has 0 aliphatic rings. The summed E-state index contributed by atoms with van der Waals surface area (Å²) in [5.41, 5.74) is 1.36. The summed E-state index contributed by atoms with van der Waals surface area (Å²) in [6.07, 6.45) is 49.2. The van der Waals surface area contributed by atoms with Crippen LogP contribution in [0.2, 0.25) is 0 Å². The van der Waals surface area contributed by atoms with Gasteiger partial charge in [-0.2, -0.15) is 0 Å². The minimum Gasteiger partial charge on any atom is -0.508 e. The van der Waals surface area contributed by atoms with Crippen molar-refractivity contribution in [3.8, 4) is 5.75 Å². The summed E-state index contributed by atoms with van der Waals surface area (Å²) in [5, 5.41) is 9.35. The molecule has 1 aromatic rings. The molecule has 0 heterocycles. The van der Waals surface area contributed by atoms with E-state index in [4.69, 9.17) is 0 Å². The van der Waals surface area contributed by atoms with Crippen LogP contribution in [-0.2, 0) is 6.42 Å². The van der Waals surface area contributed by atoms with Gasteiger partial charge in [0.25, 0.3) is 0 Å². The van der Waals surface area contributed by atoms with Gasteiger partial charge >= 0.3 is 0 Å². The Balaban J connectivity index is 1.63. The Morgan fingerprint density at radius 2 is 0.524 bits per heavy atom. The SMILES string of the molecule is CCCCCCCCCCCCCCCCCCCCCCCCCCCCCCCCCCCc1ccc(O)cc1. The van der Waals surface area contributed by atoms with E-state index in [1.165, 1.54) is 217 Å². The second-order valence-electron chi connectivity index (χ2n) is 13.7. The van der Waals surface area contributed by atoms with Crippen molar-refractivity contribution < 1.29 is 5.11 Å². The largest absolute Gasteiger partial charge is 0.508 e. The topological polar surface area (TPSA) is 20.2 Å². The number of rotatable bonds is 34. The van der Waals surface area contributed by atoms with Crippen LogP contribution < -0.4 is 0 Å². The Kier molecular flexibility index (Phi) is 30.6. The van der Waals surface area contributed by atoms with Crippen molar-refractivity contribution in [2.45, 2.75) is 225 Å². The molecular weight excluding hydrogens is 508 g/mol. The summed E-state index contributed by atoms with van der Waals surface area (Å²) in [4.78, 5) is 0. The molecule has 0 saturated heterocycles. The summed E-state index contributed by atoms with van der Waals surface area (Å²) in [7, 11) is 0. The molecule has 1 aromatic carbocycles. The maximum absolute atomic E-state index is 9.35. The fraction of sp³-hybridized carbons (Fsp3) is 0.854. The van der Waals surface area contributed by atoms with Crippen LogP contribution in [0.3, 0.4) is 0 Å². The molecule has 1 heteroatoms. The van der Waals surface area contributed by atoms with Gasteiger partial charge in [0.15, 0.2) is 0 Å². The Morgan fingerprint density at radius 1 is 0.310 bits per heavy atom. The van der Waals surface area contributed by atoms with Gasteiger partial charge in [0.2, 0.25) is 0 Å². The number of unbranched alkanes of at least 4 members (excludes halogenated alkanes) is 32. The molecule has 1 rings (SSSR count). The van der Waals surface area contributed by atoms with Gasteiger partial charge in [0.05, 0.1) is 0 Å². The molecule has 0 radical (unpaired) electrons. The molecule has 42 heavy (non-hydrogen) atoms. The first kappa shape index (κ1) is 39.0. The summed E-state index contributed by atoms with van der Waals surface area (Å²) in [5.74, 6) is 0.375. The van der Waals surface area contributed by atoms with Crippen molar-refractivity contribution in [1.82, 2.24) is 0 Å². The van der Waals surface area contributed by atoms with Crippen LogP contribution in [0.4, 0.5) is 0 Å². The van der Waals surface area contributed by atoms with Crippen molar-refractivity contribution >= 4 is 0 Å². The Morgan fingerprint density at radius 3 is 0.762 bits per heavy atom. The number of aromatic hydroxyl groups is 1. The molecule has 0 aliphatic heterocycles. The number of phenols is 1. The second kappa shape index (κ2) is 32.9. The first-order valence-corrected chi connectivity index (χ1v) is 19.6. The zero-order chi connectivity index (χ0) is 30.0. The third-order valence-corrected chi connectivity index (χ3v) is 9.51. The van der Waals surface area contributed by atoms with E-state index in [1.54, 1.807) is 12.1 Å². The van der Waals surface area contributed by atoms with Crippen LogP contribution in [0.25, 0.3) is 0 Å². The average Bonchev–Trinajstić information content (AvgIpc) is 3.00. The zero-order valence-corrected chi connectivity index (χ0v) is 28.8. The number of hydrogen-bond donors (Lipinski definition) is 1. The highest BCUT2D eigenvalue weighted by atomic mass is 16.3. The fourth-order valence-electron chi connectivity index (χ4n) is 6.55. The van der Waals surface area contributed by atoms with E-state index in [1.807, 2.05) is 0 Å². The fourth-order valence-corrected chi connectivity index (χ4v) is 6.55.